The molecular weight excluding hydrogens is 271 g/mol. The average molecular weight is 292 g/mol. The zero-order valence-corrected chi connectivity index (χ0v) is 13.5. The molecule has 0 bridgehead atoms. The van der Waals surface area contributed by atoms with Crippen LogP contribution in [-0.2, 0) is 6.54 Å². The van der Waals surface area contributed by atoms with Crippen LogP contribution >= 0.6 is 11.3 Å². The molecule has 0 fully saturated rings. The second-order valence-electron chi connectivity index (χ2n) is 5.33. The standard InChI is InChI=1S/C16H21FN2S/c1-9-6-14(7-10(2)15(9)17)8-18-11(3)16-12(4)19-13(5)20-16/h6-7,11,18H,8H2,1-5H3. The highest BCUT2D eigenvalue weighted by atomic mass is 32.1. The number of nitrogens with one attached hydrogen (secondary N) is 1. The van der Waals surface area contributed by atoms with Crippen LogP contribution in [0.5, 0.6) is 0 Å². The maximum absolute atomic E-state index is 13.6. The van der Waals surface area contributed by atoms with E-state index >= 15 is 0 Å². The summed E-state index contributed by atoms with van der Waals surface area (Å²) in [5, 5.41) is 4.59. The summed E-state index contributed by atoms with van der Waals surface area (Å²) in [4.78, 5) is 5.73. The van der Waals surface area contributed by atoms with E-state index < -0.39 is 0 Å². The van der Waals surface area contributed by atoms with Crippen molar-refractivity contribution in [3.8, 4) is 0 Å². The number of halogens is 1. The molecule has 2 nitrogen and oxygen atoms in total. The van der Waals surface area contributed by atoms with Crippen molar-refractivity contribution in [2.24, 2.45) is 0 Å². The number of hydrogen-bond donors (Lipinski definition) is 1. The van der Waals surface area contributed by atoms with Gasteiger partial charge in [-0.2, -0.15) is 0 Å². The summed E-state index contributed by atoms with van der Waals surface area (Å²) < 4.78 is 13.6. The van der Waals surface area contributed by atoms with E-state index in [2.05, 4.69) is 17.2 Å². The molecular formula is C16H21FN2S. The first kappa shape index (κ1) is 15.1. The lowest BCUT2D eigenvalue weighted by Crippen LogP contribution is -2.18. The van der Waals surface area contributed by atoms with Crippen molar-refractivity contribution in [3.05, 3.63) is 50.2 Å². The Hall–Kier alpha value is -1.26. The Morgan fingerprint density at radius 2 is 1.80 bits per heavy atom. The largest absolute Gasteiger partial charge is 0.305 e. The van der Waals surface area contributed by atoms with Crippen LogP contribution in [0.3, 0.4) is 0 Å². The van der Waals surface area contributed by atoms with Crippen LogP contribution in [0.1, 0.15) is 45.2 Å². The van der Waals surface area contributed by atoms with Gasteiger partial charge in [0.15, 0.2) is 0 Å². The first-order valence-corrected chi connectivity index (χ1v) is 7.63. The molecule has 1 atom stereocenters. The molecule has 4 heteroatoms. The summed E-state index contributed by atoms with van der Waals surface area (Å²) in [6.07, 6.45) is 0. The van der Waals surface area contributed by atoms with Crippen LogP contribution in [0.2, 0.25) is 0 Å². The third-order valence-corrected chi connectivity index (χ3v) is 4.70. The molecule has 0 radical (unpaired) electrons. The van der Waals surface area contributed by atoms with E-state index in [0.717, 1.165) is 22.8 Å². The van der Waals surface area contributed by atoms with Crippen LogP contribution in [-0.4, -0.2) is 4.98 Å². The van der Waals surface area contributed by atoms with E-state index in [0.29, 0.717) is 11.1 Å². The lowest BCUT2D eigenvalue weighted by atomic mass is 10.1. The highest BCUT2D eigenvalue weighted by molar-refractivity contribution is 7.11. The maximum atomic E-state index is 13.6. The number of hydrogen-bond acceptors (Lipinski definition) is 3. The molecule has 0 aliphatic carbocycles. The fraction of sp³-hybridized carbons (Fsp3) is 0.438. The lowest BCUT2D eigenvalue weighted by Gasteiger charge is -2.14. The number of benzene rings is 1. The van der Waals surface area contributed by atoms with Crippen molar-refractivity contribution in [2.45, 2.75) is 47.2 Å². The Bertz CT molecular complexity index is 596. The Morgan fingerprint density at radius 1 is 1.20 bits per heavy atom. The molecule has 0 saturated carbocycles. The predicted octanol–water partition coefficient (Wildman–Crippen LogP) is 4.37. The second kappa shape index (κ2) is 6.02. The second-order valence-corrected chi connectivity index (χ2v) is 6.56. The third kappa shape index (κ3) is 3.25. The number of nitrogens with zero attached hydrogens (tertiary/aromatic N) is 1. The Balaban J connectivity index is 2.07. The van der Waals surface area contributed by atoms with Gasteiger partial charge in [0.1, 0.15) is 5.82 Å². The average Bonchev–Trinajstić information content (AvgIpc) is 2.72. The van der Waals surface area contributed by atoms with Gasteiger partial charge in [0.2, 0.25) is 0 Å². The SMILES string of the molecule is Cc1nc(C)c(C(C)NCc2cc(C)c(F)c(C)c2)s1. The van der Waals surface area contributed by atoms with E-state index in [1.54, 1.807) is 11.3 Å². The van der Waals surface area contributed by atoms with Gasteiger partial charge in [0, 0.05) is 17.5 Å². The third-order valence-electron chi connectivity index (χ3n) is 3.44. The van der Waals surface area contributed by atoms with E-state index in [1.165, 1.54) is 4.88 Å². The smallest absolute Gasteiger partial charge is 0.129 e. The number of aryl methyl sites for hydroxylation is 4. The molecule has 0 saturated heterocycles. The molecule has 1 heterocycles. The number of thiazole rings is 1. The molecule has 0 amide bonds. The van der Waals surface area contributed by atoms with Crippen molar-refractivity contribution in [1.82, 2.24) is 10.3 Å². The summed E-state index contributed by atoms with van der Waals surface area (Å²) in [5.74, 6) is -0.101. The quantitative estimate of drug-likeness (QED) is 0.905. The molecule has 20 heavy (non-hydrogen) atoms. The first-order valence-electron chi connectivity index (χ1n) is 6.81. The molecule has 1 aromatic heterocycles. The van der Waals surface area contributed by atoms with E-state index in [4.69, 9.17) is 0 Å². The van der Waals surface area contributed by atoms with Crippen LogP contribution in [0.25, 0.3) is 0 Å². The van der Waals surface area contributed by atoms with Crippen LogP contribution in [0.4, 0.5) is 4.39 Å². The van der Waals surface area contributed by atoms with Gasteiger partial charge in [-0.1, -0.05) is 12.1 Å². The number of rotatable bonds is 4. The summed E-state index contributed by atoms with van der Waals surface area (Å²) in [7, 11) is 0. The van der Waals surface area contributed by atoms with E-state index in [9.17, 15) is 4.39 Å². The van der Waals surface area contributed by atoms with Crippen LogP contribution < -0.4 is 5.32 Å². The predicted molar refractivity (Wildman–Crippen MR) is 82.7 cm³/mol. The van der Waals surface area contributed by atoms with Crippen molar-refractivity contribution in [2.75, 3.05) is 0 Å². The van der Waals surface area contributed by atoms with Crippen LogP contribution in [0, 0.1) is 33.5 Å². The maximum Gasteiger partial charge on any atom is 0.129 e. The van der Waals surface area contributed by atoms with Crippen LogP contribution in [0.15, 0.2) is 12.1 Å². The molecule has 108 valence electrons. The van der Waals surface area contributed by atoms with Gasteiger partial charge in [-0.25, -0.2) is 9.37 Å². The summed E-state index contributed by atoms with van der Waals surface area (Å²) >= 11 is 1.73. The summed E-state index contributed by atoms with van der Waals surface area (Å²) in [5.41, 5.74) is 3.63. The topological polar surface area (TPSA) is 24.9 Å². The van der Waals surface area contributed by atoms with Gasteiger partial charge in [0.25, 0.3) is 0 Å². The molecule has 0 spiro atoms. The fourth-order valence-electron chi connectivity index (χ4n) is 2.45. The highest BCUT2D eigenvalue weighted by Gasteiger charge is 2.13. The van der Waals surface area contributed by atoms with Gasteiger partial charge in [-0.05, 0) is 51.3 Å². The first-order chi connectivity index (χ1) is 9.38. The Morgan fingerprint density at radius 3 is 2.30 bits per heavy atom. The normalized spacial score (nSPS) is 12.7. The minimum Gasteiger partial charge on any atom is -0.305 e. The summed E-state index contributed by atoms with van der Waals surface area (Å²) in [6.45, 7) is 10.6. The van der Waals surface area contributed by atoms with Crippen molar-refractivity contribution in [1.29, 1.82) is 0 Å². The van der Waals surface area contributed by atoms with Gasteiger partial charge in [-0.3, -0.25) is 0 Å². The number of aromatic nitrogens is 1. The van der Waals surface area contributed by atoms with Gasteiger partial charge >= 0.3 is 0 Å². The van der Waals surface area contributed by atoms with Gasteiger partial charge < -0.3 is 5.32 Å². The Labute approximate surface area is 124 Å². The Kier molecular flexibility index (Phi) is 4.55. The molecule has 1 N–H and O–H groups in total. The summed E-state index contributed by atoms with van der Waals surface area (Å²) in [6, 6.07) is 4.08. The highest BCUT2D eigenvalue weighted by Crippen LogP contribution is 2.25. The van der Waals surface area contributed by atoms with Gasteiger partial charge in [0.05, 0.1) is 10.7 Å². The molecule has 0 aliphatic rings. The van der Waals surface area contributed by atoms with Gasteiger partial charge in [-0.15, -0.1) is 11.3 Å². The fourth-order valence-corrected chi connectivity index (χ4v) is 3.40. The molecule has 2 aromatic rings. The molecule has 0 aliphatic heterocycles. The molecule has 1 unspecified atom stereocenters. The van der Waals surface area contributed by atoms with E-state index in [-0.39, 0.29) is 11.9 Å². The minimum atomic E-state index is -0.101. The minimum absolute atomic E-state index is 0.101. The van der Waals surface area contributed by atoms with E-state index in [1.807, 2.05) is 39.8 Å². The molecule has 2 rings (SSSR count). The van der Waals surface area contributed by atoms with Crippen molar-refractivity contribution < 1.29 is 4.39 Å². The van der Waals surface area contributed by atoms with Crippen molar-refractivity contribution in [3.63, 3.8) is 0 Å². The molecule has 1 aromatic carbocycles. The zero-order chi connectivity index (χ0) is 14.9. The monoisotopic (exact) mass is 292 g/mol. The lowest BCUT2D eigenvalue weighted by molar-refractivity contribution is 0.574. The zero-order valence-electron chi connectivity index (χ0n) is 12.7. The van der Waals surface area contributed by atoms with Crippen molar-refractivity contribution >= 4 is 11.3 Å².